The fourth-order valence-corrected chi connectivity index (χ4v) is 2.45. The molecule has 1 atom stereocenters. The van der Waals surface area contributed by atoms with Crippen LogP contribution in [-0.4, -0.2) is 41.5 Å². The number of rotatable bonds is 3. The number of amides is 1. The number of carbonyl (C=O) groups excluding carboxylic acids is 2. The summed E-state index contributed by atoms with van der Waals surface area (Å²) < 4.78 is 4.57. The lowest BCUT2D eigenvalue weighted by molar-refractivity contribution is -0.143. The maximum absolute atomic E-state index is 12.0. The molecule has 8 heteroatoms. The van der Waals surface area contributed by atoms with E-state index in [-0.39, 0.29) is 24.8 Å². The number of aryl methyl sites for hydroxylation is 1. The Morgan fingerprint density at radius 3 is 2.92 bits per heavy atom. The zero-order chi connectivity index (χ0) is 17.1. The molecule has 8 nitrogen and oxygen atoms in total. The van der Waals surface area contributed by atoms with Gasteiger partial charge in [0.25, 0.3) is 0 Å². The largest absolute Gasteiger partial charge is 0.469 e. The SMILES string of the molecule is COC(=O)C[C@@H]1CN=C(Nc2nc(C)c3ccccc3n2)NC1=O. The van der Waals surface area contributed by atoms with Crippen LogP contribution in [0.25, 0.3) is 10.9 Å². The Morgan fingerprint density at radius 2 is 2.17 bits per heavy atom. The molecular weight excluding hydrogens is 310 g/mol. The summed E-state index contributed by atoms with van der Waals surface area (Å²) in [5, 5.41) is 6.50. The van der Waals surface area contributed by atoms with Crippen molar-refractivity contribution in [2.24, 2.45) is 10.9 Å². The fraction of sp³-hybridized carbons (Fsp3) is 0.312. The normalized spacial score (nSPS) is 17.2. The van der Waals surface area contributed by atoms with Gasteiger partial charge in [0.1, 0.15) is 0 Å². The van der Waals surface area contributed by atoms with Crippen molar-refractivity contribution in [2.75, 3.05) is 19.0 Å². The van der Waals surface area contributed by atoms with Crippen LogP contribution >= 0.6 is 0 Å². The van der Waals surface area contributed by atoms with E-state index < -0.39 is 11.9 Å². The average Bonchev–Trinajstić information content (AvgIpc) is 2.57. The smallest absolute Gasteiger partial charge is 0.306 e. The number of carbonyl (C=O) groups is 2. The predicted molar refractivity (Wildman–Crippen MR) is 88.5 cm³/mol. The summed E-state index contributed by atoms with van der Waals surface area (Å²) in [7, 11) is 1.29. The van der Waals surface area contributed by atoms with Gasteiger partial charge in [-0.2, -0.15) is 0 Å². The number of hydrogen-bond donors (Lipinski definition) is 2. The lowest BCUT2D eigenvalue weighted by atomic mass is 10.0. The maximum atomic E-state index is 12.0. The van der Waals surface area contributed by atoms with Crippen LogP contribution in [0.1, 0.15) is 12.1 Å². The van der Waals surface area contributed by atoms with E-state index in [1.54, 1.807) is 0 Å². The van der Waals surface area contributed by atoms with Gasteiger partial charge in [-0.05, 0) is 13.0 Å². The Labute approximate surface area is 138 Å². The van der Waals surface area contributed by atoms with Crippen LogP contribution in [0.5, 0.6) is 0 Å². The summed E-state index contributed by atoms with van der Waals surface area (Å²) in [6, 6.07) is 7.67. The minimum absolute atomic E-state index is 0.00466. The second-order valence-corrected chi connectivity index (χ2v) is 5.43. The van der Waals surface area contributed by atoms with Gasteiger partial charge in [-0.15, -0.1) is 0 Å². The summed E-state index contributed by atoms with van der Waals surface area (Å²) in [5.41, 5.74) is 1.63. The fourth-order valence-electron chi connectivity index (χ4n) is 2.45. The summed E-state index contributed by atoms with van der Waals surface area (Å²) in [6.07, 6.45) is 0.00466. The van der Waals surface area contributed by atoms with Crippen LogP contribution < -0.4 is 10.6 Å². The second-order valence-electron chi connectivity index (χ2n) is 5.43. The minimum atomic E-state index is -0.526. The number of anilines is 1. The molecule has 3 rings (SSSR count). The first-order chi connectivity index (χ1) is 11.6. The number of benzene rings is 1. The van der Waals surface area contributed by atoms with Crippen LogP contribution in [0, 0.1) is 12.8 Å². The molecule has 0 unspecified atom stereocenters. The van der Waals surface area contributed by atoms with Crippen molar-refractivity contribution >= 4 is 34.7 Å². The van der Waals surface area contributed by atoms with Gasteiger partial charge >= 0.3 is 5.97 Å². The number of esters is 1. The molecule has 0 aliphatic carbocycles. The first-order valence-electron chi connectivity index (χ1n) is 7.49. The third-order valence-electron chi connectivity index (χ3n) is 3.75. The van der Waals surface area contributed by atoms with E-state index in [9.17, 15) is 9.59 Å². The molecule has 0 fully saturated rings. The van der Waals surface area contributed by atoms with E-state index in [0.717, 1.165) is 16.6 Å². The van der Waals surface area contributed by atoms with Gasteiger partial charge in [-0.3, -0.25) is 25.2 Å². The molecule has 1 aliphatic heterocycles. The van der Waals surface area contributed by atoms with E-state index in [1.165, 1.54) is 7.11 Å². The maximum Gasteiger partial charge on any atom is 0.306 e. The number of nitrogens with one attached hydrogen (secondary N) is 2. The first-order valence-corrected chi connectivity index (χ1v) is 7.49. The first kappa shape index (κ1) is 15.9. The molecule has 0 bridgehead atoms. The Morgan fingerprint density at radius 1 is 1.38 bits per heavy atom. The topological polar surface area (TPSA) is 106 Å². The van der Waals surface area contributed by atoms with Crippen molar-refractivity contribution in [2.45, 2.75) is 13.3 Å². The number of nitrogens with zero attached hydrogens (tertiary/aromatic N) is 3. The predicted octanol–water partition coefficient (Wildman–Crippen LogP) is 1.02. The molecule has 2 N–H and O–H groups in total. The highest BCUT2D eigenvalue weighted by Gasteiger charge is 2.27. The van der Waals surface area contributed by atoms with E-state index in [2.05, 4.69) is 30.3 Å². The van der Waals surface area contributed by atoms with Crippen molar-refractivity contribution in [1.82, 2.24) is 15.3 Å². The lowest BCUT2D eigenvalue weighted by Crippen LogP contribution is -2.45. The van der Waals surface area contributed by atoms with Crippen molar-refractivity contribution in [3.63, 3.8) is 0 Å². The molecule has 0 saturated carbocycles. The van der Waals surface area contributed by atoms with Crippen molar-refractivity contribution in [3.8, 4) is 0 Å². The van der Waals surface area contributed by atoms with E-state index in [1.807, 2.05) is 31.2 Å². The Kier molecular flexibility index (Phi) is 4.37. The Balaban J connectivity index is 1.75. The highest BCUT2D eigenvalue weighted by Crippen LogP contribution is 2.17. The summed E-state index contributed by atoms with van der Waals surface area (Å²) >= 11 is 0. The molecule has 2 aromatic rings. The molecule has 1 aromatic heterocycles. The molecule has 24 heavy (non-hydrogen) atoms. The quantitative estimate of drug-likeness (QED) is 0.815. The molecule has 0 spiro atoms. The van der Waals surface area contributed by atoms with Crippen LogP contribution in [0.2, 0.25) is 0 Å². The number of aliphatic imine (C=N–C) groups is 1. The standard InChI is InChI=1S/C16H17N5O3/c1-9-11-5-3-4-6-12(11)19-16(18-9)21-15-17-8-10(14(23)20-15)7-13(22)24-2/h3-6,10H,7-8H2,1-2H3,(H2,17,18,19,20,21,23)/t10-/m1/s1. The van der Waals surface area contributed by atoms with Crippen molar-refractivity contribution in [1.29, 1.82) is 0 Å². The molecule has 1 aliphatic rings. The zero-order valence-corrected chi connectivity index (χ0v) is 13.4. The van der Waals surface area contributed by atoms with Gasteiger partial charge in [0, 0.05) is 5.39 Å². The molecule has 1 amide bonds. The lowest BCUT2D eigenvalue weighted by Gasteiger charge is -2.20. The van der Waals surface area contributed by atoms with Gasteiger partial charge in [0.2, 0.25) is 17.8 Å². The number of aromatic nitrogens is 2. The van der Waals surface area contributed by atoms with Crippen LogP contribution in [0.4, 0.5) is 5.95 Å². The van der Waals surface area contributed by atoms with Gasteiger partial charge < -0.3 is 4.74 Å². The third kappa shape index (κ3) is 3.32. The molecule has 0 radical (unpaired) electrons. The van der Waals surface area contributed by atoms with Crippen LogP contribution in [0.15, 0.2) is 29.3 Å². The van der Waals surface area contributed by atoms with Crippen LogP contribution in [0.3, 0.4) is 0 Å². The van der Waals surface area contributed by atoms with Gasteiger partial charge in [-0.1, -0.05) is 18.2 Å². The number of hydrogen-bond acceptors (Lipinski definition) is 7. The number of methoxy groups -OCH3 is 1. The van der Waals surface area contributed by atoms with Gasteiger partial charge in [-0.25, -0.2) is 9.97 Å². The summed E-state index contributed by atoms with van der Waals surface area (Å²) in [6.45, 7) is 2.10. The molecule has 124 valence electrons. The van der Waals surface area contributed by atoms with E-state index in [0.29, 0.717) is 5.95 Å². The van der Waals surface area contributed by atoms with Crippen LogP contribution in [-0.2, 0) is 14.3 Å². The molecule has 0 saturated heterocycles. The Bertz CT molecular complexity index is 834. The number of guanidine groups is 1. The monoisotopic (exact) mass is 327 g/mol. The van der Waals surface area contributed by atoms with E-state index in [4.69, 9.17) is 0 Å². The van der Waals surface area contributed by atoms with E-state index >= 15 is 0 Å². The average molecular weight is 327 g/mol. The second kappa shape index (κ2) is 6.61. The van der Waals surface area contributed by atoms with Gasteiger partial charge in [0.05, 0.1) is 37.2 Å². The zero-order valence-electron chi connectivity index (χ0n) is 13.4. The van der Waals surface area contributed by atoms with Crippen molar-refractivity contribution < 1.29 is 14.3 Å². The number of fused-ring (bicyclic) bond motifs is 1. The van der Waals surface area contributed by atoms with Crippen molar-refractivity contribution in [3.05, 3.63) is 30.0 Å². The molecule has 1 aromatic carbocycles. The highest BCUT2D eigenvalue weighted by atomic mass is 16.5. The summed E-state index contributed by atoms with van der Waals surface area (Å²) in [4.78, 5) is 36.3. The third-order valence-corrected chi connectivity index (χ3v) is 3.75. The summed E-state index contributed by atoms with van der Waals surface area (Å²) in [5.74, 6) is -0.611. The number of para-hydroxylation sites is 1. The van der Waals surface area contributed by atoms with Gasteiger partial charge in [0.15, 0.2) is 0 Å². The highest BCUT2D eigenvalue weighted by molar-refractivity contribution is 6.06. The molecular formula is C16H17N5O3. The Hall–Kier alpha value is -3.03. The molecule has 2 heterocycles. The number of ether oxygens (including phenoxy) is 1. The minimum Gasteiger partial charge on any atom is -0.469 e.